The van der Waals surface area contributed by atoms with Crippen LogP contribution >= 0.6 is 35.3 Å². The van der Waals surface area contributed by atoms with Crippen LogP contribution in [0.2, 0.25) is 0 Å². The van der Waals surface area contributed by atoms with Gasteiger partial charge in [-0.2, -0.15) is 0 Å². The van der Waals surface area contributed by atoms with Crippen molar-refractivity contribution >= 4 is 85.8 Å². The van der Waals surface area contributed by atoms with Gasteiger partial charge in [0.2, 0.25) is 0 Å². The molecule has 51 heavy (non-hydrogen) atoms. The van der Waals surface area contributed by atoms with Crippen LogP contribution in [0.15, 0.2) is 47.3 Å². The van der Waals surface area contributed by atoms with E-state index in [0.717, 1.165) is 69.9 Å². The lowest BCUT2D eigenvalue weighted by Crippen LogP contribution is -2.45. The van der Waals surface area contributed by atoms with Gasteiger partial charge in [0.25, 0.3) is 11.5 Å². The molecule has 0 N–H and O–H groups in total. The number of thioether (sulfide) groups is 1. The van der Waals surface area contributed by atoms with Crippen LogP contribution in [0.3, 0.4) is 0 Å². The zero-order chi connectivity index (χ0) is 36.4. The molecule has 1 saturated carbocycles. The first-order valence-corrected chi connectivity index (χ1v) is 18.5. The molecule has 3 aromatic rings. The smallest absolute Gasteiger partial charge is 0.329 e. The zero-order valence-corrected chi connectivity index (χ0v) is 31.0. The SMILES string of the molecule is CCOC(=O)Cn1c(=O)/c(=C\c2ccc3c(c2)C2CCCC2N3c2ccc(OC)cc2)s/c1=C1/SC(=S)N(C(CCC(=O)OC)C(=O)OC)C1=O. The number of hydrogen-bond donors (Lipinski definition) is 0. The first-order valence-electron chi connectivity index (χ1n) is 16.5. The van der Waals surface area contributed by atoms with Crippen LogP contribution in [0.4, 0.5) is 11.4 Å². The fraction of sp³-hybridized carbons (Fsp3) is 0.389. The average Bonchev–Trinajstić information content (AvgIpc) is 3.87. The van der Waals surface area contributed by atoms with Gasteiger partial charge in [-0.1, -0.05) is 36.5 Å². The minimum Gasteiger partial charge on any atom is -0.497 e. The van der Waals surface area contributed by atoms with E-state index in [-0.39, 0.29) is 33.3 Å². The Morgan fingerprint density at radius 3 is 2.47 bits per heavy atom. The first kappa shape index (κ1) is 36.3. The van der Waals surface area contributed by atoms with Gasteiger partial charge in [-0.05, 0) is 79.8 Å². The number of methoxy groups -OCH3 is 3. The minimum atomic E-state index is -1.20. The summed E-state index contributed by atoms with van der Waals surface area (Å²) < 4.78 is 21.9. The second kappa shape index (κ2) is 15.4. The van der Waals surface area contributed by atoms with Crippen LogP contribution in [0.5, 0.6) is 5.75 Å². The predicted octanol–water partition coefficient (Wildman–Crippen LogP) is 3.56. The molecule has 0 spiro atoms. The number of nitrogens with zero attached hydrogens (tertiary/aromatic N) is 3. The summed E-state index contributed by atoms with van der Waals surface area (Å²) in [5.74, 6) is -1.47. The lowest BCUT2D eigenvalue weighted by atomic mass is 9.96. The molecule has 1 amide bonds. The average molecular weight is 752 g/mol. The normalized spacial score (nSPS) is 20.0. The van der Waals surface area contributed by atoms with Gasteiger partial charge in [0, 0.05) is 29.8 Å². The molecular formula is C36H37N3O9S3. The summed E-state index contributed by atoms with van der Waals surface area (Å²) in [6.07, 6.45) is 4.77. The Bertz CT molecular complexity index is 2070. The van der Waals surface area contributed by atoms with Gasteiger partial charge in [-0.25, -0.2) is 4.79 Å². The molecule has 2 aliphatic heterocycles. The molecular weight excluding hydrogens is 715 g/mol. The van der Waals surface area contributed by atoms with E-state index in [1.165, 1.54) is 24.4 Å². The summed E-state index contributed by atoms with van der Waals surface area (Å²) in [5, 5.41) is 0. The van der Waals surface area contributed by atoms with Crippen molar-refractivity contribution in [2.45, 2.75) is 63.6 Å². The third-order valence-electron chi connectivity index (χ3n) is 9.30. The fourth-order valence-corrected chi connectivity index (χ4v) is 9.60. The fourth-order valence-electron chi connectivity index (χ4n) is 6.98. The van der Waals surface area contributed by atoms with Crippen molar-refractivity contribution in [3.8, 4) is 5.75 Å². The molecule has 3 heterocycles. The number of thiazole rings is 1. The number of amides is 1. The van der Waals surface area contributed by atoms with Crippen molar-refractivity contribution < 1.29 is 38.1 Å². The van der Waals surface area contributed by atoms with Crippen LogP contribution in [0.25, 0.3) is 11.0 Å². The molecule has 0 bridgehead atoms. The van der Waals surface area contributed by atoms with E-state index in [0.29, 0.717) is 16.5 Å². The predicted molar refractivity (Wildman–Crippen MR) is 197 cm³/mol. The largest absolute Gasteiger partial charge is 0.497 e. The highest BCUT2D eigenvalue weighted by Gasteiger charge is 2.43. The number of carbonyl (C=O) groups excluding carboxylic acids is 4. The van der Waals surface area contributed by atoms with E-state index < -0.39 is 42.0 Å². The van der Waals surface area contributed by atoms with Gasteiger partial charge in [0.15, 0.2) is 0 Å². The van der Waals surface area contributed by atoms with Crippen LogP contribution in [-0.4, -0.2) is 77.6 Å². The summed E-state index contributed by atoms with van der Waals surface area (Å²) in [5.41, 5.74) is 3.77. The van der Waals surface area contributed by atoms with Gasteiger partial charge in [0.05, 0.1) is 32.5 Å². The minimum absolute atomic E-state index is 0.0514. The molecule has 3 aliphatic rings. The van der Waals surface area contributed by atoms with Gasteiger partial charge >= 0.3 is 17.9 Å². The summed E-state index contributed by atoms with van der Waals surface area (Å²) in [7, 11) is 4.05. The van der Waals surface area contributed by atoms with E-state index in [9.17, 15) is 24.0 Å². The molecule has 2 fully saturated rings. The Kier molecular flexibility index (Phi) is 11.0. The highest BCUT2D eigenvalue weighted by molar-refractivity contribution is 8.30. The number of ether oxygens (including phenoxy) is 4. The van der Waals surface area contributed by atoms with Crippen LogP contribution in [0, 0.1) is 0 Å². The molecule has 15 heteroatoms. The molecule has 2 aromatic carbocycles. The molecule has 0 radical (unpaired) electrons. The van der Waals surface area contributed by atoms with Gasteiger partial charge < -0.3 is 23.8 Å². The van der Waals surface area contributed by atoms with Crippen molar-refractivity contribution in [2.24, 2.45) is 0 Å². The summed E-state index contributed by atoms with van der Waals surface area (Å²) in [4.78, 5) is 68.9. The maximum atomic E-state index is 14.0. The molecule has 6 rings (SSSR count). The van der Waals surface area contributed by atoms with E-state index in [4.69, 9.17) is 31.2 Å². The summed E-state index contributed by atoms with van der Waals surface area (Å²) in [6, 6.07) is 13.4. The third-order valence-corrected chi connectivity index (χ3v) is 11.9. The number of thiocarbonyl (C=S) groups is 1. The number of anilines is 2. The first-order chi connectivity index (χ1) is 24.6. The standard InChI is InChI=1S/C36H37N3O9S3/c1-5-48-30(41)19-37-32(42)28(50-34(37)31-33(43)39(36(49)51-31)27(35(44)47-4)15-16-29(40)46-3)18-20-9-14-26-24(17-20)23-7-6-8-25(23)38(26)21-10-12-22(45-2)13-11-21/h9-14,17-18,23,25,27H,5-8,15-16,19H2,1-4H3/b28-18+,34-31+. The highest BCUT2D eigenvalue weighted by atomic mass is 32.2. The molecule has 268 valence electrons. The second-order valence-corrected chi connectivity index (χ2v) is 14.8. The monoisotopic (exact) mass is 751 g/mol. The lowest BCUT2D eigenvalue weighted by Gasteiger charge is -2.27. The van der Waals surface area contributed by atoms with Crippen molar-refractivity contribution in [2.75, 3.05) is 32.8 Å². The Morgan fingerprint density at radius 1 is 1.02 bits per heavy atom. The van der Waals surface area contributed by atoms with E-state index in [1.54, 1.807) is 20.1 Å². The Labute approximate surface area is 307 Å². The van der Waals surface area contributed by atoms with Crippen molar-refractivity contribution in [3.05, 3.63) is 73.1 Å². The Morgan fingerprint density at radius 2 is 1.78 bits per heavy atom. The zero-order valence-electron chi connectivity index (χ0n) is 28.5. The van der Waals surface area contributed by atoms with Crippen LogP contribution < -0.4 is 24.4 Å². The number of benzene rings is 2. The highest BCUT2D eigenvalue weighted by Crippen LogP contribution is 2.52. The van der Waals surface area contributed by atoms with Gasteiger partial charge in [-0.15, -0.1) is 11.3 Å². The number of fused-ring (bicyclic) bond motifs is 3. The molecule has 3 atom stereocenters. The number of carbonyl (C=O) groups is 4. The topological polar surface area (TPSA) is 134 Å². The van der Waals surface area contributed by atoms with Crippen LogP contribution in [-0.2, 0) is 39.9 Å². The molecule has 1 aliphatic carbocycles. The van der Waals surface area contributed by atoms with Gasteiger partial charge in [0.1, 0.15) is 32.2 Å². The summed E-state index contributed by atoms with van der Waals surface area (Å²) >= 11 is 7.50. The summed E-state index contributed by atoms with van der Waals surface area (Å²) in [6.45, 7) is 1.35. The Hall–Kier alpha value is -4.47. The van der Waals surface area contributed by atoms with Crippen LogP contribution in [0.1, 0.15) is 56.1 Å². The number of hydrogen-bond acceptors (Lipinski definition) is 13. The number of rotatable bonds is 11. The van der Waals surface area contributed by atoms with E-state index >= 15 is 0 Å². The van der Waals surface area contributed by atoms with Crippen molar-refractivity contribution in [3.63, 3.8) is 0 Å². The second-order valence-electron chi connectivity index (χ2n) is 12.1. The van der Waals surface area contributed by atoms with Crippen molar-refractivity contribution in [1.29, 1.82) is 0 Å². The number of aromatic nitrogens is 1. The van der Waals surface area contributed by atoms with Gasteiger partial charge in [-0.3, -0.25) is 28.6 Å². The molecule has 3 unspecified atom stereocenters. The molecule has 1 saturated heterocycles. The Balaban J connectivity index is 1.42. The lowest BCUT2D eigenvalue weighted by molar-refractivity contribution is -0.149. The maximum absolute atomic E-state index is 14.0. The third kappa shape index (κ3) is 7.06. The van der Waals surface area contributed by atoms with E-state index in [1.807, 2.05) is 18.2 Å². The quantitative estimate of drug-likeness (QED) is 0.161. The molecule has 12 nitrogen and oxygen atoms in total. The van der Waals surface area contributed by atoms with E-state index in [2.05, 4.69) is 29.2 Å². The number of esters is 3. The maximum Gasteiger partial charge on any atom is 0.329 e. The van der Waals surface area contributed by atoms with Crippen molar-refractivity contribution in [1.82, 2.24) is 9.47 Å². The molecule has 1 aromatic heterocycles.